The quantitative estimate of drug-likeness (QED) is 0.318. The summed E-state index contributed by atoms with van der Waals surface area (Å²) in [5.74, 6) is -2.09. The largest absolute Gasteiger partial charge is 0.417 e. The summed E-state index contributed by atoms with van der Waals surface area (Å²) in [5.41, 5.74) is 1.27. The van der Waals surface area contributed by atoms with Gasteiger partial charge in [-0.05, 0) is 93.5 Å². The summed E-state index contributed by atoms with van der Waals surface area (Å²) in [7, 11) is 0. The number of imide groups is 2. The maximum Gasteiger partial charge on any atom is 0.417 e. The molecule has 0 saturated carbocycles. The number of hydrogen-bond acceptors (Lipinski definition) is 11. The Hall–Kier alpha value is -6.51. The van der Waals surface area contributed by atoms with Crippen molar-refractivity contribution in [2.75, 3.05) is 72.4 Å². The van der Waals surface area contributed by atoms with Crippen molar-refractivity contribution in [3.05, 3.63) is 77.0 Å². The Bertz CT molecular complexity index is 2410. The number of nitrogens with zero attached hydrogens (tertiary/aromatic N) is 7. The van der Waals surface area contributed by atoms with E-state index in [4.69, 9.17) is 5.26 Å². The average molecular weight is 866 g/mol. The lowest BCUT2D eigenvalue weighted by molar-refractivity contribution is -0.150. The van der Waals surface area contributed by atoms with Crippen molar-refractivity contribution in [2.45, 2.75) is 63.6 Å². The van der Waals surface area contributed by atoms with Crippen LogP contribution in [0.1, 0.15) is 83.2 Å². The Labute approximate surface area is 361 Å². The topological polar surface area (TPSA) is 179 Å². The van der Waals surface area contributed by atoms with E-state index in [1.54, 1.807) is 35.4 Å². The summed E-state index contributed by atoms with van der Waals surface area (Å²) >= 11 is 0. The van der Waals surface area contributed by atoms with E-state index in [1.807, 2.05) is 17.0 Å². The number of rotatable bonds is 7. The highest BCUT2D eigenvalue weighted by molar-refractivity contribution is 6.23. The number of piperidine rings is 4. The average Bonchev–Trinajstić information content (AvgIpc) is 3.52. The Balaban J connectivity index is 0.704. The number of halogens is 3. The van der Waals surface area contributed by atoms with Crippen LogP contribution in [0.5, 0.6) is 0 Å². The SMILES string of the molecule is N#Cc1ccc(N2CCC(C(=O)Nc3ccc(N4CCC(C(=O)N5CC6(CCN(c7ccc8c(c7)C(=O)N(C7CCC(=O)NC7=O)C8=O)CC6)C5)CC4)cn3)CC2)cc1C(F)(F)F. The summed E-state index contributed by atoms with van der Waals surface area (Å²) in [6.45, 7) is 5.10. The maximum atomic E-state index is 13.6. The van der Waals surface area contributed by atoms with E-state index in [0.29, 0.717) is 76.5 Å². The van der Waals surface area contributed by atoms with Crippen LogP contribution in [0.15, 0.2) is 54.7 Å². The van der Waals surface area contributed by atoms with Crippen LogP contribution in [0.4, 0.5) is 36.1 Å². The zero-order valence-corrected chi connectivity index (χ0v) is 34.5. The van der Waals surface area contributed by atoms with Crippen LogP contribution in [0, 0.1) is 28.6 Å². The van der Waals surface area contributed by atoms with Crippen LogP contribution in [-0.4, -0.2) is 109 Å². The van der Waals surface area contributed by atoms with E-state index < -0.39 is 47.0 Å². The van der Waals surface area contributed by atoms with Crippen molar-refractivity contribution < 1.29 is 41.9 Å². The number of anilines is 4. The van der Waals surface area contributed by atoms with Gasteiger partial charge < -0.3 is 24.9 Å². The smallest absolute Gasteiger partial charge is 0.371 e. The number of nitrogens with one attached hydrogen (secondary N) is 2. The summed E-state index contributed by atoms with van der Waals surface area (Å²) in [6, 6.07) is 13.1. The molecule has 18 heteroatoms. The number of hydrogen-bond donors (Lipinski definition) is 2. The van der Waals surface area contributed by atoms with Crippen molar-refractivity contribution in [3.8, 4) is 6.07 Å². The predicted octanol–water partition coefficient (Wildman–Crippen LogP) is 4.57. The minimum atomic E-state index is -4.64. The molecule has 0 aliphatic carbocycles. The van der Waals surface area contributed by atoms with Gasteiger partial charge in [0.25, 0.3) is 11.8 Å². The number of carbonyl (C=O) groups is 6. The second-order valence-electron chi connectivity index (χ2n) is 17.6. The van der Waals surface area contributed by atoms with Crippen LogP contribution in [-0.2, 0) is 25.4 Å². The zero-order valence-electron chi connectivity index (χ0n) is 34.5. The third kappa shape index (κ3) is 8.04. The summed E-state index contributed by atoms with van der Waals surface area (Å²) in [4.78, 5) is 90.9. The van der Waals surface area contributed by atoms with Gasteiger partial charge in [-0.1, -0.05) is 0 Å². The Morgan fingerprint density at radius 3 is 2.00 bits per heavy atom. The van der Waals surface area contributed by atoms with Crippen molar-refractivity contribution in [1.29, 1.82) is 5.26 Å². The molecule has 328 valence electrons. The fourth-order valence-electron chi connectivity index (χ4n) is 10.1. The first-order valence-corrected chi connectivity index (χ1v) is 21.5. The first-order valence-electron chi connectivity index (χ1n) is 21.5. The first kappa shape index (κ1) is 41.8. The monoisotopic (exact) mass is 865 g/mol. The molecule has 5 saturated heterocycles. The molecule has 2 N–H and O–H groups in total. The zero-order chi connectivity index (χ0) is 44.2. The molecule has 1 aromatic heterocycles. The Morgan fingerprint density at radius 2 is 1.37 bits per heavy atom. The number of carbonyl (C=O) groups excluding carboxylic acids is 6. The van der Waals surface area contributed by atoms with Crippen LogP contribution in [0.25, 0.3) is 0 Å². The second kappa shape index (κ2) is 16.3. The molecule has 0 radical (unpaired) electrons. The number of amides is 6. The van der Waals surface area contributed by atoms with Crippen molar-refractivity contribution in [2.24, 2.45) is 17.3 Å². The van der Waals surface area contributed by atoms with Gasteiger partial charge in [-0.25, -0.2) is 4.98 Å². The van der Waals surface area contributed by atoms with Crippen molar-refractivity contribution >= 4 is 58.3 Å². The molecule has 63 heavy (non-hydrogen) atoms. The minimum Gasteiger partial charge on any atom is -0.371 e. The molecule has 6 amide bonds. The lowest BCUT2D eigenvalue weighted by Crippen LogP contribution is -2.63. The number of aromatic nitrogens is 1. The number of likely N-dealkylation sites (tertiary alicyclic amines) is 1. The molecule has 1 atom stereocenters. The molecule has 1 unspecified atom stereocenters. The molecular weight excluding hydrogens is 820 g/mol. The highest BCUT2D eigenvalue weighted by Crippen LogP contribution is 2.43. The second-order valence-corrected chi connectivity index (χ2v) is 17.6. The van der Waals surface area contributed by atoms with Crippen LogP contribution >= 0.6 is 0 Å². The Morgan fingerprint density at radius 1 is 0.762 bits per heavy atom. The van der Waals surface area contributed by atoms with Gasteiger partial charge in [0, 0.05) is 87.4 Å². The van der Waals surface area contributed by atoms with E-state index in [9.17, 15) is 41.9 Å². The van der Waals surface area contributed by atoms with Gasteiger partial charge in [0.05, 0.1) is 40.2 Å². The number of alkyl halides is 3. The molecule has 3 aromatic rings. The standard InChI is InChI=1S/C45H46F3N9O6/c46-45(47,48)35-22-31(2-1-29(35)23-49)53-15-9-27(10-16-53)39(59)51-37-7-4-32(24-50-37)54-17-11-28(12-18-54)41(61)56-25-44(26-56)13-19-55(20-14-44)30-3-5-33-34(21-30)43(63)57(42(33)62)36-6-8-38(58)52-40(36)60/h1-5,7,21-22,24,27-28,36H,6,8-20,25-26H2,(H,50,51,59)(H,52,58,60). The van der Waals surface area contributed by atoms with Gasteiger partial charge in [0.1, 0.15) is 11.9 Å². The number of fused-ring (bicyclic) bond motifs is 1. The molecule has 15 nitrogen and oxygen atoms in total. The number of pyridine rings is 1. The van der Waals surface area contributed by atoms with E-state index in [2.05, 4.69) is 25.4 Å². The molecule has 6 aliphatic heterocycles. The Kier molecular flexibility index (Phi) is 10.8. The molecule has 7 heterocycles. The first-order chi connectivity index (χ1) is 30.2. The lowest BCUT2D eigenvalue weighted by Gasteiger charge is -2.55. The van der Waals surface area contributed by atoms with E-state index in [1.165, 1.54) is 12.1 Å². The number of benzene rings is 2. The minimum absolute atomic E-state index is 0.0501. The number of nitriles is 1. The fourth-order valence-corrected chi connectivity index (χ4v) is 10.1. The van der Waals surface area contributed by atoms with E-state index in [-0.39, 0.29) is 53.0 Å². The van der Waals surface area contributed by atoms with Gasteiger partial charge in [-0.3, -0.25) is 39.0 Å². The molecular formula is C45H46F3N9O6. The summed E-state index contributed by atoms with van der Waals surface area (Å²) in [5, 5.41) is 14.2. The van der Waals surface area contributed by atoms with Gasteiger partial charge in [0.2, 0.25) is 23.6 Å². The van der Waals surface area contributed by atoms with Gasteiger partial charge in [0.15, 0.2) is 0 Å². The van der Waals surface area contributed by atoms with Crippen LogP contribution < -0.4 is 25.3 Å². The third-order valence-corrected chi connectivity index (χ3v) is 13.8. The molecule has 2 aromatic carbocycles. The molecule has 6 aliphatic rings. The lowest BCUT2D eigenvalue weighted by atomic mass is 9.71. The highest BCUT2D eigenvalue weighted by atomic mass is 19.4. The van der Waals surface area contributed by atoms with Crippen LogP contribution in [0.2, 0.25) is 0 Å². The van der Waals surface area contributed by atoms with Crippen LogP contribution in [0.3, 0.4) is 0 Å². The van der Waals surface area contributed by atoms with Gasteiger partial charge in [-0.2, -0.15) is 18.4 Å². The van der Waals surface area contributed by atoms with Gasteiger partial charge in [-0.15, -0.1) is 0 Å². The van der Waals surface area contributed by atoms with Crippen molar-refractivity contribution in [1.82, 2.24) is 20.1 Å². The van der Waals surface area contributed by atoms with Gasteiger partial charge >= 0.3 is 6.18 Å². The predicted molar refractivity (Wildman–Crippen MR) is 222 cm³/mol. The molecule has 5 fully saturated rings. The van der Waals surface area contributed by atoms with E-state index in [0.717, 1.165) is 48.3 Å². The fraction of sp³-hybridized carbons (Fsp3) is 0.467. The highest BCUT2D eigenvalue weighted by Gasteiger charge is 2.49. The summed E-state index contributed by atoms with van der Waals surface area (Å²) < 4.78 is 40.5. The molecule has 1 spiro atoms. The van der Waals surface area contributed by atoms with E-state index >= 15 is 0 Å². The molecule has 9 rings (SSSR count). The summed E-state index contributed by atoms with van der Waals surface area (Å²) in [6.07, 6.45) is 1.36. The molecule has 0 bridgehead atoms. The maximum absolute atomic E-state index is 13.6. The third-order valence-electron chi connectivity index (χ3n) is 13.8. The normalized spacial score (nSPS) is 21.9. The van der Waals surface area contributed by atoms with Crippen molar-refractivity contribution in [3.63, 3.8) is 0 Å².